The molecule has 0 aliphatic rings. The van der Waals surface area contributed by atoms with E-state index in [9.17, 15) is 13.2 Å². The molecule has 0 unspecified atom stereocenters. The number of hydrogen-bond acceptors (Lipinski definition) is 6. The van der Waals surface area contributed by atoms with E-state index in [1.54, 1.807) is 30.5 Å². The van der Waals surface area contributed by atoms with Crippen LogP contribution in [0.3, 0.4) is 0 Å². The standard InChI is InChI=1S/C24H23N3O3S2/c1-16-7-9-20(10-8-16)32(29,30)15-23(28)27(14-19-6-4-5-11-25-19)24-26-21-12-17(2)18(3)13-22(21)31-24/h4-13H,14-15H2,1-3H3. The third kappa shape index (κ3) is 4.71. The molecule has 32 heavy (non-hydrogen) atoms. The number of fused-ring (bicyclic) bond motifs is 1. The van der Waals surface area contributed by atoms with Gasteiger partial charge in [-0.2, -0.15) is 0 Å². The van der Waals surface area contributed by atoms with Crippen LogP contribution in [0.1, 0.15) is 22.4 Å². The minimum atomic E-state index is -3.80. The molecule has 6 nitrogen and oxygen atoms in total. The van der Waals surface area contributed by atoms with E-state index in [4.69, 9.17) is 0 Å². The molecule has 0 fully saturated rings. The number of aryl methyl sites for hydroxylation is 3. The summed E-state index contributed by atoms with van der Waals surface area (Å²) in [7, 11) is -3.80. The van der Waals surface area contributed by atoms with Gasteiger partial charge in [-0.25, -0.2) is 13.4 Å². The van der Waals surface area contributed by atoms with Gasteiger partial charge in [0.15, 0.2) is 15.0 Å². The predicted octanol–water partition coefficient (Wildman–Crippen LogP) is 4.62. The van der Waals surface area contributed by atoms with E-state index in [1.165, 1.54) is 28.4 Å². The van der Waals surface area contributed by atoms with E-state index >= 15 is 0 Å². The predicted molar refractivity (Wildman–Crippen MR) is 128 cm³/mol. The van der Waals surface area contributed by atoms with Crippen LogP contribution in [-0.4, -0.2) is 30.0 Å². The van der Waals surface area contributed by atoms with Gasteiger partial charge >= 0.3 is 0 Å². The van der Waals surface area contributed by atoms with Gasteiger partial charge in [-0.05, 0) is 68.3 Å². The second-order valence-electron chi connectivity index (χ2n) is 7.77. The second kappa shape index (κ2) is 8.80. The second-order valence-corrected chi connectivity index (χ2v) is 10.8. The molecule has 0 saturated carbocycles. The first-order valence-corrected chi connectivity index (χ1v) is 12.6. The fourth-order valence-electron chi connectivity index (χ4n) is 3.27. The Morgan fingerprint density at radius 3 is 2.41 bits per heavy atom. The zero-order chi connectivity index (χ0) is 22.9. The Hall–Kier alpha value is -3.10. The summed E-state index contributed by atoms with van der Waals surface area (Å²) in [6.45, 7) is 6.06. The number of aromatic nitrogens is 2. The molecule has 0 aliphatic carbocycles. The number of hydrogen-bond donors (Lipinski definition) is 0. The van der Waals surface area contributed by atoms with Crippen molar-refractivity contribution >= 4 is 42.4 Å². The Labute approximate surface area is 191 Å². The molecule has 2 aromatic heterocycles. The average molecular weight is 466 g/mol. The largest absolute Gasteiger partial charge is 0.281 e. The number of carbonyl (C=O) groups excluding carboxylic acids is 1. The van der Waals surface area contributed by atoms with Crippen molar-refractivity contribution in [2.24, 2.45) is 0 Å². The Bertz CT molecular complexity index is 1340. The molecule has 2 aromatic carbocycles. The summed E-state index contributed by atoms with van der Waals surface area (Å²) in [6, 6.07) is 16.0. The minimum Gasteiger partial charge on any atom is -0.281 e. The van der Waals surface area contributed by atoms with Crippen LogP contribution in [0.5, 0.6) is 0 Å². The smallest absolute Gasteiger partial charge is 0.244 e. The van der Waals surface area contributed by atoms with E-state index in [-0.39, 0.29) is 11.4 Å². The first-order valence-electron chi connectivity index (χ1n) is 10.1. The fraction of sp³-hybridized carbons (Fsp3) is 0.208. The number of nitrogens with zero attached hydrogens (tertiary/aromatic N) is 3. The SMILES string of the molecule is Cc1ccc(S(=O)(=O)CC(=O)N(Cc2ccccn2)c2nc3cc(C)c(C)cc3s2)cc1. The molecule has 8 heteroatoms. The van der Waals surface area contributed by atoms with Crippen LogP contribution in [0.4, 0.5) is 5.13 Å². The molecule has 4 aromatic rings. The lowest BCUT2D eigenvalue weighted by Gasteiger charge is -2.19. The summed E-state index contributed by atoms with van der Waals surface area (Å²) in [4.78, 5) is 23.8. The van der Waals surface area contributed by atoms with Crippen molar-refractivity contribution < 1.29 is 13.2 Å². The molecule has 0 spiro atoms. The molecule has 2 heterocycles. The summed E-state index contributed by atoms with van der Waals surface area (Å²) in [5.74, 6) is -1.18. The quantitative estimate of drug-likeness (QED) is 0.415. The summed E-state index contributed by atoms with van der Waals surface area (Å²) < 4.78 is 26.8. The van der Waals surface area contributed by atoms with E-state index in [0.29, 0.717) is 10.8 Å². The van der Waals surface area contributed by atoms with Gasteiger partial charge in [0.25, 0.3) is 0 Å². The van der Waals surface area contributed by atoms with Gasteiger partial charge in [0.1, 0.15) is 5.75 Å². The zero-order valence-corrected chi connectivity index (χ0v) is 19.7. The molecular weight excluding hydrogens is 442 g/mol. The van der Waals surface area contributed by atoms with Gasteiger partial charge in [0, 0.05) is 6.20 Å². The van der Waals surface area contributed by atoms with E-state index in [1.807, 2.05) is 39.0 Å². The van der Waals surface area contributed by atoms with Crippen LogP contribution in [0.25, 0.3) is 10.2 Å². The highest BCUT2D eigenvalue weighted by Crippen LogP contribution is 2.32. The van der Waals surface area contributed by atoms with E-state index in [0.717, 1.165) is 26.9 Å². The van der Waals surface area contributed by atoms with Crippen LogP contribution in [0.2, 0.25) is 0 Å². The van der Waals surface area contributed by atoms with Crippen molar-refractivity contribution in [1.82, 2.24) is 9.97 Å². The van der Waals surface area contributed by atoms with Crippen LogP contribution in [-0.2, 0) is 21.2 Å². The van der Waals surface area contributed by atoms with Crippen LogP contribution >= 0.6 is 11.3 Å². The van der Waals surface area contributed by atoms with Crippen LogP contribution < -0.4 is 4.90 Å². The van der Waals surface area contributed by atoms with Crippen molar-refractivity contribution in [1.29, 1.82) is 0 Å². The van der Waals surface area contributed by atoms with Crippen LogP contribution in [0, 0.1) is 20.8 Å². The lowest BCUT2D eigenvalue weighted by atomic mass is 10.1. The third-order valence-electron chi connectivity index (χ3n) is 5.26. The van der Waals surface area contributed by atoms with Crippen molar-refractivity contribution in [3.8, 4) is 0 Å². The first-order chi connectivity index (χ1) is 15.2. The molecule has 164 valence electrons. The summed E-state index contributed by atoms with van der Waals surface area (Å²) in [6.07, 6.45) is 1.64. The Balaban J connectivity index is 1.70. The van der Waals surface area contributed by atoms with Gasteiger partial charge in [0.05, 0.1) is 27.4 Å². The minimum absolute atomic E-state index is 0.129. The normalized spacial score (nSPS) is 11.6. The third-order valence-corrected chi connectivity index (χ3v) is 7.92. The molecule has 0 radical (unpaired) electrons. The fourth-order valence-corrected chi connectivity index (χ4v) is 5.53. The van der Waals surface area contributed by atoms with Gasteiger partial charge in [0.2, 0.25) is 5.91 Å². The first kappa shape index (κ1) is 22.1. The Kier molecular flexibility index (Phi) is 6.08. The number of anilines is 1. The maximum absolute atomic E-state index is 13.3. The molecule has 0 atom stereocenters. The monoisotopic (exact) mass is 465 g/mol. The summed E-state index contributed by atoms with van der Waals surface area (Å²) >= 11 is 1.37. The number of thiazole rings is 1. The van der Waals surface area contributed by atoms with E-state index in [2.05, 4.69) is 9.97 Å². The molecule has 1 amide bonds. The summed E-state index contributed by atoms with van der Waals surface area (Å²) in [5.41, 5.74) is 4.64. The maximum atomic E-state index is 13.3. The molecule has 4 rings (SSSR count). The molecular formula is C24H23N3O3S2. The number of pyridine rings is 1. The van der Waals surface area contributed by atoms with Gasteiger partial charge in [-0.1, -0.05) is 35.1 Å². The highest BCUT2D eigenvalue weighted by atomic mass is 32.2. The van der Waals surface area contributed by atoms with Gasteiger partial charge < -0.3 is 0 Å². The van der Waals surface area contributed by atoms with Crippen molar-refractivity contribution in [2.75, 3.05) is 10.7 Å². The lowest BCUT2D eigenvalue weighted by Crippen LogP contribution is -2.35. The molecule has 0 saturated heterocycles. The number of carbonyl (C=O) groups is 1. The molecule has 0 aliphatic heterocycles. The highest BCUT2D eigenvalue weighted by Gasteiger charge is 2.27. The van der Waals surface area contributed by atoms with Crippen molar-refractivity contribution in [3.63, 3.8) is 0 Å². The Morgan fingerprint density at radius 1 is 1.00 bits per heavy atom. The number of amides is 1. The van der Waals surface area contributed by atoms with Crippen LogP contribution in [0.15, 0.2) is 65.7 Å². The van der Waals surface area contributed by atoms with Crippen molar-refractivity contribution in [2.45, 2.75) is 32.2 Å². The lowest BCUT2D eigenvalue weighted by molar-refractivity contribution is -0.116. The maximum Gasteiger partial charge on any atom is 0.244 e. The Morgan fingerprint density at radius 2 is 1.72 bits per heavy atom. The highest BCUT2D eigenvalue weighted by molar-refractivity contribution is 7.92. The molecule has 0 N–H and O–H groups in total. The average Bonchev–Trinajstić information content (AvgIpc) is 3.15. The van der Waals surface area contributed by atoms with Gasteiger partial charge in [-0.15, -0.1) is 0 Å². The number of sulfone groups is 1. The van der Waals surface area contributed by atoms with Gasteiger partial charge in [-0.3, -0.25) is 14.7 Å². The molecule has 0 bridgehead atoms. The van der Waals surface area contributed by atoms with Crippen molar-refractivity contribution in [3.05, 3.63) is 83.2 Å². The number of benzene rings is 2. The topological polar surface area (TPSA) is 80.2 Å². The van der Waals surface area contributed by atoms with E-state index < -0.39 is 21.5 Å². The zero-order valence-electron chi connectivity index (χ0n) is 18.1. The summed E-state index contributed by atoms with van der Waals surface area (Å²) in [5, 5.41) is 0.458. The number of rotatable bonds is 6.